The van der Waals surface area contributed by atoms with Gasteiger partial charge in [-0.25, -0.2) is 4.79 Å². The highest BCUT2D eigenvalue weighted by molar-refractivity contribution is 6.08. The highest BCUT2D eigenvalue weighted by atomic mass is 16.5. The molecule has 2 aliphatic carbocycles. The zero-order valence-corrected chi connectivity index (χ0v) is 17.4. The lowest BCUT2D eigenvalue weighted by molar-refractivity contribution is -0.131. The molecule has 5 heteroatoms. The summed E-state index contributed by atoms with van der Waals surface area (Å²) >= 11 is 0. The molecule has 1 aliphatic heterocycles. The van der Waals surface area contributed by atoms with E-state index < -0.39 is 5.54 Å². The van der Waals surface area contributed by atoms with E-state index in [9.17, 15) is 9.59 Å². The number of benzene rings is 2. The minimum atomic E-state index is -0.957. The number of amides is 3. The number of carbonyl (C=O) groups is 2. The van der Waals surface area contributed by atoms with Gasteiger partial charge in [0.2, 0.25) is 0 Å². The Hall–Kier alpha value is -2.66. The highest BCUT2D eigenvalue weighted by Crippen LogP contribution is 2.59. The van der Waals surface area contributed by atoms with Crippen LogP contribution in [-0.4, -0.2) is 25.2 Å². The lowest BCUT2D eigenvalue weighted by Crippen LogP contribution is -2.56. The molecule has 1 atom stereocenters. The molecule has 30 heavy (non-hydrogen) atoms. The first kappa shape index (κ1) is 19.3. The van der Waals surface area contributed by atoms with Gasteiger partial charge in [-0.1, -0.05) is 48.5 Å². The first-order chi connectivity index (χ1) is 14.6. The summed E-state index contributed by atoms with van der Waals surface area (Å²) in [5.74, 6) is -0.192. The normalized spacial score (nSPS) is 29.8. The average molecular weight is 405 g/mol. The van der Waals surface area contributed by atoms with E-state index >= 15 is 0 Å². The van der Waals surface area contributed by atoms with Crippen LogP contribution in [0.15, 0.2) is 48.5 Å². The predicted molar refractivity (Wildman–Crippen MR) is 114 cm³/mol. The van der Waals surface area contributed by atoms with Crippen molar-refractivity contribution in [3.63, 3.8) is 0 Å². The van der Waals surface area contributed by atoms with Crippen molar-refractivity contribution in [2.45, 2.75) is 56.6 Å². The fraction of sp³-hybridized carbons (Fsp3) is 0.440. The Labute approximate surface area is 177 Å². The van der Waals surface area contributed by atoms with Gasteiger partial charge in [0.05, 0.1) is 6.10 Å². The number of rotatable bonds is 4. The van der Waals surface area contributed by atoms with Gasteiger partial charge in [-0.05, 0) is 67.2 Å². The largest absolute Gasteiger partial charge is 0.381 e. The monoisotopic (exact) mass is 404 g/mol. The van der Waals surface area contributed by atoms with Gasteiger partial charge in [-0.3, -0.25) is 10.1 Å². The summed E-state index contributed by atoms with van der Waals surface area (Å²) in [6.45, 7) is 0. The van der Waals surface area contributed by atoms with Crippen molar-refractivity contribution in [1.29, 1.82) is 0 Å². The fourth-order valence-corrected chi connectivity index (χ4v) is 5.95. The summed E-state index contributed by atoms with van der Waals surface area (Å²) in [4.78, 5) is 25.6. The van der Waals surface area contributed by atoms with Gasteiger partial charge in [0.25, 0.3) is 5.91 Å². The molecule has 1 unspecified atom stereocenters. The smallest absolute Gasteiger partial charge is 0.322 e. The van der Waals surface area contributed by atoms with Crippen molar-refractivity contribution in [2.24, 2.45) is 5.41 Å². The Balaban J connectivity index is 1.50. The minimum absolute atomic E-state index is 0.192. The van der Waals surface area contributed by atoms with Crippen molar-refractivity contribution < 1.29 is 14.3 Å². The topological polar surface area (TPSA) is 67.4 Å². The van der Waals surface area contributed by atoms with Gasteiger partial charge in [-0.2, -0.15) is 0 Å². The maximum Gasteiger partial charge on any atom is 0.322 e. The van der Waals surface area contributed by atoms with E-state index in [1.165, 1.54) is 16.7 Å². The van der Waals surface area contributed by atoms with E-state index in [4.69, 9.17) is 4.74 Å². The number of urea groups is 1. The lowest BCUT2D eigenvalue weighted by Gasteiger charge is -2.46. The molecule has 2 spiro atoms. The number of ether oxygens (including phenoxy) is 1. The van der Waals surface area contributed by atoms with Crippen molar-refractivity contribution in [3.8, 4) is 0 Å². The van der Waals surface area contributed by atoms with Crippen LogP contribution in [0.25, 0.3) is 0 Å². The molecule has 0 bridgehead atoms. The summed E-state index contributed by atoms with van der Waals surface area (Å²) in [6.07, 6.45) is 6.48. The van der Waals surface area contributed by atoms with Gasteiger partial charge in [-0.15, -0.1) is 0 Å². The van der Waals surface area contributed by atoms with E-state index in [-0.39, 0.29) is 23.5 Å². The van der Waals surface area contributed by atoms with Crippen LogP contribution in [0, 0.1) is 5.41 Å². The molecule has 1 saturated heterocycles. The number of fused-ring (bicyclic) bond motifs is 3. The Morgan fingerprint density at radius 3 is 2.40 bits per heavy atom. The fourth-order valence-electron chi connectivity index (χ4n) is 5.95. The van der Waals surface area contributed by atoms with Crippen molar-refractivity contribution in [2.75, 3.05) is 7.11 Å². The first-order valence-corrected chi connectivity index (χ1v) is 10.9. The minimum Gasteiger partial charge on any atom is -0.381 e. The quantitative estimate of drug-likeness (QED) is 0.765. The molecule has 3 amide bonds. The summed E-state index contributed by atoms with van der Waals surface area (Å²) in [6, 6.07) is 16.6. The van der Waals surface area contributed by atoms with E-state index in [0.29, 0.717) is 0 Å². The SMILES string of the molecule is CO[C@H]1CC[C@]2(CC1)Cc1ccc(CCc3ccccc3)cc1C21NC(=O)NC1=O. The highest BCUT2D eigenvalue weighted by Gasteiger charge is 2.66. The van der Waals surface area contributed by atoms with Crippen LogP contribution < -0.4 is 10.6 Å². The van der Waals surface area contributed by atoms with Crippen molar-refractivity contribution >= 4 is 11.9 Å². The zero-order chi connectivity index (χ0) is 20.8. The molecule has 1 saturated carbocycles. The number of aryl methyl sites for hydroxylation is 2. The molecule has 2 aromatic carbocycles. The maximum atomic E-state index is 13.3. The van der Waals surface area contributed by atoms with Crippen LogP contribution in [0.5, 0.6) is 0 Å². The van der Waals surface area contributed by atoms with E-state index in [1.54, 1.807) is 7.11 Å². The van der Waals surface area contributed by atoms with Gasteiger partial charge in [0.15, 0.2) is 5.54 Å². The molecule has 3 aliphatic rings. The molecule has 156 valence electrons. The van der Waals surface area contributed by atoms with Crippen molar-refractivity contribution in [3.05, 3.63) is 70.8 Å². The van der Waals surface area contributed by atoms with Crippen LogP contribution in [0.2, 0.25) is 0 Å². The van der Waals surface area contributed by atoms with Crippen LogP contribution in [-0.2, 0) is 34.3 Å². The van der Waals surface area contributed by atoms with Gasteiger partial charge < -0.3 is 10.1 Å². The summed E-state index contributed by atoms with van der Waals surface area (Å²) in [7, 11) is 1.75. The second-order valence-corrected chi connectivity index (χ2v) is 9.03. The van der Waals surface area contributed by atoms with Crippen LogP contribution in [0.4, 0.5) is 4.79 Å². The zero-order valence-electron chi connectivity index (χ0n) is 17.4. The molecule has 0 aromatic heterocycles. The number of methoxy groups -OCH3 is 1. The Morgan fingerprint density at radius 2 is 1.73 bits per heavy atom. The first-order valence-electron chi connectivity index (χ1n) is 10.9. The molecule has 2 N–H and O–H groups in total. The number of nitrogens with one attached hydrogen (secondary N) is 2. The molecule has 5 nitrogen and oxygen atoms in total. The molecule has 1 heterocycles. The predicted octanol–water partition coefficient (Wildman–Crippen LogP) is 3.64. The molecule has 5 rings (SSSR count). The molecule has 2 fully saturated rings. The third-order valence-corrected chi connectivity index (χ3v) is 7.54. The van der Waals surface area contributed by atoms with Gasteiger partial charge >= 0.3 is 6.03 Å². The second-order valence-electron chi connectivity index (χ2n) is 9.03. The summed E-state index contributed by atoms with van der Waals surface area (Å²) in [5, 5.41) is 5.63. The van der Waals surface area contributed by atoms with Crippen LogP contribution in [0.1, 0.15) is 47.9 Å². The van der Waals surface area contributed by atoms with E-state index in [1.807, 2.05) is 6.07 Å². The molecule has 2 aromatic rings. The maximum absolute atomic E-state index is 13.3. The Kier molecular flexibility index (Phi) is 4.66. The standard InChI is InChI=1S/C25H28N2O3/c1-30-20-11-13-24(14-12-20)16-19-10-9-18(8-7-17-5-3-2-4-6-17)15-21(19)25(24)22(28)26-23(29)27-25/h2-6,9-10,15,20H,7-8,11-14,16H2,1H3,(H2,26,27,28,29)/t20-,24-,25?. The van der Waals surface area contributed by atoms with E-state index in [0.717, 1.165) is 50.5 Å². The second kappa shape index (κ2) is 7.24. The number of hydrogen-bond donors (Lipinski definition) is 2. The third kappa shape index (κ3) is 2.87. The number of carbonyl (C=O) groups excluding carboxylic acids is 2. The van der Waals surface area contributed by atoms with Gasteiger partial charge in [0, 0.05) is 12.5 Å². The lowest BCUT2D eigenvalue weighted by atomic mass is 9.61. The Morgan fingerprint density at radius 1 is 1.00 bits per heavy atom. The number of hydrogen-bond acceptors (Lipinski definition) is 3. The Bertz CT molecular complexity index is 979. The van der Waals surface area contributed by atoms with Gasteiger partial charge in [0.1, 0.15) is 0 Å². The van der Waals surface area contributed by atoms with E-state index in [2.05, 4.69) is 53.1 Å². The van der Waals surface area contributed by atoms with Crippen molar-refractivity contribution in [1.82, 2.24) is 10.6 Å². The summed E-state index contributed by atoms with van der Waals surface area (Å²) < 4.78 is 5.58. The molecular formula is C25H28N2O3. The number of imide groups is 1. The average Bonchev–Trinajstić information content (AvgIpc) is 3.22. The molecule has 0 radical (unpaired) electrons. The van der Waals surface area contributed by atoms with Crippen LogP contribution >= 0.6 is 0 Å². The molecular weight excluding hydrogens is 376 g/mol. The third-order valence-electron chi connectivity index (χ3n) is 7.54. The summed E-state index contributed by atoms with van der Waals surface area (Å²) in [5.41, 5.74) is 3.45. The van der Waals surface area contributed by atoms with Crippen LogP contribution in [0.3, 0.4) is 0 Å².